The lowest BCUT2D eigenvalue weighted by molar-refractivity contribution is 0.102. The zero-order valence-electron chi connectivity index (χ0n) is 9.64. The average molecular weight is 307 g/mol. The molecule has 0 saturated heterocycles. The third kappa shape index (κ3) is 2.68. The molecule has 0 radical (unpaired) electrons. The van der Waals surface area contributed by atoms with Crippen LogP contribution in [0.5, 0.6) is 5.75 Å². The predicted molar refractivity (Wildman–Crippen MR) is 72.7 cm³/mol. The van der Waals surface area contributed by atoms with Crippen LogP contribution >= 0.6 is 15.9 Å². The fourth-order valence-electron chi connectivity index (χ4n) is 1.43. The molecule has 2 rings (SSSR count). The van der Waals surface area contributed by atoms with Gasteiger partial charge in [-0.3, -0.25) is 4.79 Å². The molecular formula is C13H11BrN2O2. The number of nitrogens with one attached hydrogen (secondary N) is 1. The summed E-state index contributed by atoms with van der Waals surface area (Å²) >= 11 is 3.26. The molecule has 4 nitrogen and oxygen atoms in total. The Morgan fingerprint density at radius 3 is 2.83 bits per heavy atom. The molecule has 2 N–H and O–H groups in total. The number of aromatic hydroxyl groups is 1. The quantitative estimate of drug-likeness (QED) is 0.896. The van der Waals surface area contributed by atoms with Crippen LogP contribution in [0.4, 0.5) is 5.69 Å². The van der Waals surface area contributed by atoms with E-state index < -0.39 is 0 Å². The van der Waals surface area contributed by atoms with Crippen LogP contribution in [-0.2, 0) is 0 Å². The number of pyridine rings is 1. The standard InChI is InChI=1S/C13H11BrN2O2/c1-8-4-5-9(7-11(8)17)16-13(18)12-10(14)3-2-6-15-12/h2-7,17H,1H3,(H,16,18). The summed E-state index contributed by atoms with van der Waals surface area (Å²) < 4.78 is 0.624. The lowest BCUT2D eigenvalue weighted by Gasteiger charge is -2.07. The van der Waals surface area contributed by atoms with Crippen LogP contribution in [0.25, 0.3) is 0 Å². The molecule has 1 amide bonds. The van der Waals surface area contributed by atoms with E-state index in [1.165, 1.54) is 6.07 Å². The monoisotopic (exact) mass is 306 g/mol. The molecule has 0 spiro atoms. The maximum absolute atomic E-state index is 11.9. The summed E-state index contributed by atoms with van der Waals surface area (Å²) in [5.41, 5.74) is 1.59. The van der Waals surface area contributed by atoms with Gasteiger partial charge in [0.25, 0.3) is 5.91 Å². The number of phenols is 1. The highest BCUT2D eigenvalue weighted by molar-refractivity contribution is 9.10. The van der Waals surface area contributed by atoms with Crippen LogP contribution < -0.4 is 5.32 Å². The summed E-state index contributed by atoms with van der Waals surface area (Å²) in [6, 6.07) is 8.44. The average Bonchev–Trinajstić information content (AvgIpc) is 2.34. The summed E-state index contributed by atoms with van der Waals surface area (Å²) in [6.07, 6.45) is 1.55. The Labute approximate surface area is 113 Å². The van der Waals surface area contributed by atoms with Crippen molar-refractivity contribution in [2.45, 2.75) is 6.92 Å². The molecule has 0 unspecified atom stereocenters. The number of aromatic nitrogens is 1. The van der Waals surface area contributed by atoms with Crippen molar-refractivity contribution in [3.63, 3.8) is 0 Å². The van der Waals surface area contributed by atoms with Crippen LogP contribution in [0, 0.1) is 6.92 Å². The number of benzene rings is 1. The van der Waals surface area contributed by atoms with Gasteiger partial charge in [-0.1, -0.05) is 6.07 Å². The van der Waals surface area contributed by atoms with Crippen LogP contribution in [0.3, 0.4) is 0 Å². The molecule has 1 heterocycles. The largest absolute Gasteiger partial charge is 0.508 e. The first kappa shape index (κ1) is 12.6. The molecule has 0 fully saturated rings. The number of phenolic OH excluding ortho intramolecular Hbond substituents is 1. The summed E-state index contributed by atoms with van der Waals surface area (Å²) in [6.45, 7) is 1.79. The van der Waals surface area contributed by atoms with Gasteiger partial charge in [-0.2, -0.15) is 0 Å². The lowest BCUT2D eigenvalue weighted by atomic mass is 10.2. The fourth-order valence-corrected chi connectivity index (χ4v) is 1.87. The van der Waals surface area contributed by atoms with Gasteiger partial charge in [-0.25, -0.2) is 4.98 Å². The number of hydrogen-bond donors (Lipinski definition) is 2. The van der Waals surface area contributed by atoms with Crippen molar-refractivity contribution < 1.29 is 9.90 Å². The van der Waals surface area contributed by atoms with Crippen molar-refractivity contribution in [2.24, 2.45) is 0 Å². The Morgan fingerprint density at radius 1 is 1.39 bits per heavy atom. The Bertz CT molecular complexity index is 599. The van der Waals surface area contributed by atoms with Crippen molar-refractivity contribution >= 4 is 27.5 Å². The van der Waals surface area contributed by atoms with Crippen molar-refractivity contribution in [3.8, 4) is 5.75 Å². The maximum Gasteiger partial charge on any atom is 0.275 e. The maximum atomic E-state index is 11.9. The molecule has 1 aromatic heterocycles. The lowest BCUT2D eigenvalue weighted by Crippen LogP contribution is -2.14. The van der Waals surface area contributed by atoms with E-state index in [2.05, 4.69) is 26.2 Å². The van der Waals surface area contributed by atoms with E-state index >= 15 is 0 Å². The topological polar surface area (TPSA) is 62.2 Å². The number of carbonyl (C=O) groups is 1. The molecule has 5 heteroatoms. The second-order valence-corrected chi connectivity index (χ2v) is 4.64. The molecule has 0 aliphatic rings. The molecule has 0 aliphatic heterocycles. The second kappa shape index (κ2) is 5.18. The third-order valence-electron chi connectivity index (χ3n) is 2.44. The van der Waals surface area contributed by atoms with Crippen molar-refractivity contribution in [2.75, 3.05) is 5.32 Å². The third-order valence-corrected chi connectivity index (χ3v) is 3.08. The van der Waals surface area contributed by atoms with Gasteiger partial charge in [0.1, 0.15) is 11.4 Å². The van der Waals surface area contributed by atoms with Crippen molar-refractivity contribution in [1.29, 1.82) is 0 Å². The number of hydrogen-bond acceptors (Lipinski definition) is 3. The summed E-state index contributed by atoms with van der Waals surface area (Å²) in [4.78, 5) is 15.9. The Hall–Kier alpha value is -1.88. The van der Waals surface area contributed by atoms with E-state index in [0.29, 0.717) is 15.9 Å². The Balaban J connectivity index is 2.22. The van der Waals surface area contributed by atoms with Gasteiger partial charge in [-0.15, -0.1) is 0 Å². The van der Waals surface area contributed by atoms with E-state index in [-0.39, 0.29) is 11.7 Å². The zero-order valence-corrected chi connectivity index (χ0v) is 11.2. The fraction of sp³-hybridized carbons (Fsp3) is 0.0769. The molecule has 2 aromatic rings. The van der Waals surface area contributed by atoms with Gasteiger partial charge < -0.3 is 10.4 Å². The smallest absolute Gasteiger partial charge is 0.275 e. The minimum absolute atomic E-state index is 0.146. The number of aryl methyl sites for hydroxylation is 1. The highest BCUT2D eigenvalue weighted by Gasteiger charge is 2.11. The minimum Gasteiger partial charge on any atom is -0.508 e. The SMILES string of the molecule is Cc1ccc(NC(=O)c2ncccc2Br)cc1O. The summed E-state index contributed by atoms with van der Waals surface area (Å²) in [5.74, 6) is -0.182. The predicted octanol–water partition coefficient (Wildman–Crippen LogP) is 3.11. The van der Waals surface area contributed by atoms with Crippen molar-refractivity contribution in [3.05, 3.63) is 52.3 Å². The summed E-state index contributed by atoms with van der Waals surface area (Å²) in [7, 11) is 0. The number of carbonyl (C=O) groups excluding carboxylic acids is 1. The van der Waals surface area contributed by atoms with Crippen LogP contribution in [0.2, 0.25) is 0 Å². The molecule has 0 bridgehead atoms. The van der Waals surface area contributed by atoms with Gasteiger partial charge in [0.2, 0.25) is 0 Å². The number of nitrogens with zero attached hydrogens (tertiary/aromatic N) is 1. The Kier molecular flexibility index (Phi) is 3.62. The normalized spacial score (nSPS) is 10.1. The van der Waals surface area contributed by atoms with Crippen LogP contribution in [-0.4, -0.2) is 16.0 Å². The number of anilines is 1. The highest BCUT2D eigenvalue weighted by atomic mass is 79.9. The van der Waals surface area contributed by atoms with E-state index in [1.54, 1.807) is 37.4 Å². The van der Waals surface area contributed by atoms with Gasteiger partial charge >= 0.3 is 0 Å². The molecule has 1 aromatic carbocycles. The van der Waals surface area contributed by atoms with Crippen LogP contribution in [0.1, 0.15) is 16.1 Å². The molecule has 0 atom stereocenters. The number of halogens is 1. The molecule has 18 heavy (non-hydrogen) atoms. The molecular weight excluding hydrogens is 296 g/mol. The highest BCUT2D eigenvalue weighted by Crippen LogP contribution is 2.22. The summed E-state index contributed by atoms with van der Waals surface area (Å²) in [5, 5.41) is 12.2. The van der Waals surface area contributed by atoms with Gasteiger partial charge in [0.15, 0.2) is 0 Å². The van der Waals surface area contributed by atoms with E-state index in [4.69, 9.17) is 0 Å². The first-order valence-corrected chi connectivity index (χ1v) is 6.08. The first-order chi connectivity index (χ1) is 8.58. The first-order valence-electron chi connectivity index (χ1n) is 5.29. The Morgan fingerprint density at radius 2 is 2.17 bits per heavy atom. The van der Waals surface area contributed by atoms with E-state index in [9.17, 15) is 9.90 Å². The zero-order chi connectivity index (χ0) is 13.1. The van der Waals surface area contributed by atoms with Gasteiger partial charge in [0, 0.05) is 22.4 Å². The number of amides is 1. The molecule has 92 valence electrons. The second-order valence-electron chi connectivity index (χ2n) is 3.79. The number of rotatable bonds is 2. The van der Waals surface area contributed by atoms with Crippen LogP contribution in [0.15, 0.2) is 41.0 Å². The molecule has 0 aliphatic carbocycles. The van der Waals surface area contributed by atoms with Crippen molar-refractivity contribution in [1.82, 2.24) is 4.98 Å². The minimum atomic E-state index is -0.328. The van der Waals surface area contributed by atoms with E-state index in [1.807, 2.05) is 0 Å². The van der Waals surface area contributed by atoms with Gasteiger partial charge in [0.05, 0.1) is 0 Å². The molecule has 0 saturated carbocycles. The van der Waals surface area contributed by atoms with E-state index in [0.717, 1.165) is 5.56 Å². The van der Waals surface area contributed by atoms with Gasteiger partial charge in [-0.05, 0) is 46.6 Å².